The summed E-state index contributed by atoms with van der Waals surface area (Å²) in [5, 5.41) is 0. The number of nitrogens with zero attached hydrogens (tertiary/aromatic N) is 1. The lowest BCUT2D eigenvalue weighted by atomic mass is 10.5. The largest absolute Gasteiger partial charge is 0.544 e. The molecule has 1 aromatic rings. The van der Waals surface area contributed by atoms with Crippen LogP contribution in [0.2, 0.25) is 39.3 Å². The Hall–Kier alpha value is -0.816. The predicted molar refractivity (Wildman–Crippen MR) is 73.4 cm³/mol. The van der Waals surface area contributed by atoms with Crippen molar-refractivity contribution in [2.24, 2.45) is 0 Å². The van der Waals surface area contributed by atoms with Crippen LogP contribution in [0.4, 0.5) is 0 Å². The summed E-state index contributed by atoms with van der Waals surface area (Å²) in [4.78, 5) is 11.9. The van der Waals surface area contributed by atoms with Crippen LogP contribution < -0.4 is 9.99 Å². The van der Waals surface area contributed by atoms with Crippen LogP contribution in [0.1, 0.15) is 0 Å². The first-order valence-corrected chi connectivity index (χ1v) is 12.4. The second kappa shape index (κ2) is 4.22. The van der Waals surface area contributed by atoms with Crippen LogP contribution in [0.5, 0.6) is 5.75 Å². The summed E-state index contributed by atoms with van der Waals surface area (Å²) in [5.41, 5.74) is 0.0508. The first-order chi connectivity index (χ1) is 7.09. The quantitative estimate of drug-likeness (QED) is 0.778. The molecule has 0 aliphatic rings. The maximum absolute atomic E-state index is 11.9. The van der Waals surface area contributed by atoms with Gasteiger partial charge in [-0.15, -0.1) is 0 Å². The van der Waals surface area contributed by atoms with E-state index < -0.39 is 16.6 Å². The molecule has 1 aromatic heterocycles. The fourth-order valence-corrected chi connectivity index (χ4v) is 3.51. The van der Waals surface area contributed by atoms with Gasteiger partial charge in [-0.1, -0.05) is 19.6 Å². The van der Waals surface area contributed by atoms with E-state index in [1.54, 1.807) is 6.07 Å². The molecule has 16 heavy (non-hydrogen) atoms. The molecule has 0 amide bonds. The normalized spacial score (nSPS) is 12.6. The highest BCUT2D eigenvalue weighted by Crippen LogP contribution is 2.14. The van der Waals surface area contributed by atoms with Crippen molar-refractivity contribution in [1.82, 2.24) is 4.23 Å². The third-order valence-electron chi connectivity index (χ3n) is 2.04. The Balaban J connectivity index is 3.06. The van der Waals surface area contributed by atoms with Crippen LogP contribution in [0, 0.1) is 0 Å². The van der Waals surface area contributed by atoms with Gasteiger partial charge >= 0.3 is 0 Å². The molecule has 0 atom stereocenters. The van der Waals surface area contributed by atoms with E-state index in [2.05, 4.69) is 39.3 Å². The zero-order valence-electron chi connectivity index (χ0n) is 11.0. The first kappa shape index (κ1) is 13.2. The molecule has 0 saturated heterocycles. The highest BCUT2D eigenvalue weighted by molar-refractivity contribution is 6.74. The minimum absolute atomic E-state index is 0.0508. The number of hydrogen-bond acceptors (Lipinski definition) is 2. The van der Waals surface area contributed by atoms with E-state index in [4.69, 9.17) is 4.43 Å². The molecule has 0 radical (unpaired) electrons. The van der Waals surface area contributed by atoms with Gasteiger partial charge in [0.2, 0.25) is 13.9 Å². The Labute approximate surface area is 99.3 Å². The average molecular weight is 255 g/mol. The standard InChI is InChI=1S/C11H21NO2Si2/c1-15(2,3)12-8-7-10(9-11(12)13)14-16(4,5)6/h7-9H,1-6H3. The minimum Gasteiger partial charge on any atom is -0.544 e. The molecule has 0 aromatic carbocycles. The summed E-state index contributed by atoms with van der Waals surface area (Å²) in [6.07, 6.45) is 1.87. The van der Waals surface area contributed by atoms with Gasteiger partial charge in [0.05, 0.1) is 0 Å². The van der Waals surface area contributed by atoms with Gasteiger partial charge < -0.3 is 8.66 Å². The Bertz CT molecular complexity index is 427. The summed E-state index contributed by atoms with van der Waals surface area (Å²) in [6, 6.07) is 3.51. The van der Waals surface area contributed by atoms with Gasteiger partial charge in [-0.25, -0.2) is 0 Å². The molecule has 0 bridgehead atoms. The first-order valence-electron chi connectivity index (χ1n) is 5.52. The molecule has 1 heterocycles. The molecule has 0 spiro atoms. The molecule has 0 N–H and O–H groups in total. The zero-order valence-corrected chi connectivity index (χ0v) is 13.0. The molecule has 5 heteroatoms. The third-order valence-corrected chi connectivity index (χ3v) is 4.70. The van der Waals surface area contributed by atoms with Crippen molar-refractivity contribution in [2.45, 2.75) is 39.3 Å². The van der Waals surface area contributed by atoms with Crippen molar-refractivity contribution in [2.75, 3.05) is 0 Å². The topological polar surface area (TPSA) is 31.2 Å². The van der Waals surface area contributed by atoms with E-state index in [1.165, 1.54) is 0 Å². The lowest BCUT2D eigenvalue weighted by molar-refractivity contribution is 0.555. The fourth-order valence-electron chi connectivity index (χ4n) is 1.43. The van der Waals surface area contributed by atoms with E-state index in [0.29, 0.717) is 5.75 Å². The van der Waals surface area contributed by atoms with Crippen LogP contribution in [-0.4, -0.2) is 20.8 Å². The Kier molecular flexibility index (Phi) is 3.49. The lowest BCUT2D eigenvalue weighted by Gasteiger charge is -2.22. The van der Waals surface area contributed by atoms with E-state index in [1.807, 2.05) is 16.5 Å². The molecule has 0 fully saturated rings. The van der Waals surface area contributed by atoms with Crippen molar-refractivity contribution in [3.63, 3.8) is 0 Å². The SMILES string of the molecule is C[Si](C)(C)Oc1ccn([Si](C)(C)C)c(=O)c1. The van der Waals surface area contributed by atoms with Gasteiger partial charge in [0.25, 0.3) is 0 Å². The summed E-state index contributed by atoms with van der Waals surface area (Å²) in [7, 11) is -3.22. The number of aromatic nitrogens is 1. The van der Waals surface area contributed by atoms with Crippen molar-refractivity contribution < 1.29 is 4.43 Å². The van der Waals surface area contributed by atoms with Gasteiger partial charge in [0.15, 0.2) is 8.24 Å². The molecule has 0 saturated carbocycles. The third kappa shape index (κ3) is 3.64. The average Bonchev–Trinajstić information content (AvgIpc) is 1.97. The van der Waals surface area contributed by atoms with E-state index in [-0.39, 0.29) is 5.56 Å². The van der Waals surface area contributed by atoms with Crippen molar-refractivity contribution in [3.05, 3.63) is 28.7 Å². The van der Waals surface area contributed by atoms with Crippen molar-refractivity contribution >= 4 is 16.6 Å². The van der Waals surface area contributed by atoms with Gasteiger partial charge in [-0.2, -0.15) is 0 Å². The molecule has 0 aliphatic carbocycles. The summed E-state index contributed by atoms with van der Waals surface area (Å²) in [5.74, 6) is 0.707. The molecular weight excluding hydrogens is 234 g/mol. The Morgan fingerprint density at radius 2 is 1.69 bits per heavy atom. The smallest absolute Gasteiger partial charge is 0.246 e. The summed E-state index contributed by atoms with van der Waals surface area (Å²) >= 11 is 0. The molecule has 90 valence electrons. The van der Waals surface area contributed by atoms with Crippen LogP contribution in [0.3, 0.4) is 0 Å². The highest BCUT2D eigenvalue weighted by Gasteiger charge is 2.20. The number of pyridine rings is 1. The highest BCUT2D eigenvalue weighted by atomic mass is 28.4. The molecular formula is C11H21NO2Si2. The molecule has 0 aliphatic heterocycles. The van der Waals surface area contributed by atoms with Crippen molar-refractivity contribution in [3.8, 4) is 5.75 Å². The van der Waals surface area contributed by atoms with Gasteiger partial charge in [-0.3, -0.25) is 4.79 Å². The van der Waals surface area contributed by atoms with Crippen LogP contribution >= 0.6 is 0 Å². The van der Waals surface area contributed by atoms with Gasteiger partial charge in [-0.05, 0) is 25.7 Å². The number of rotatable bonds is 3. The van der Waals surface area contributed by atoms with E-state index >= 15 is 0 Å². The van der Waals surface area contributed by atoms with E-state index in [9.17, 15) is 4.79 Å². The monoisotopic (exact) mass is 255 g/mol. The lowest BCUT2D eigenvalue weighted by Crippen LogP contribution is -2.40. The molecule has 3 nitrogen and oxygen atoms in total. The summed E-state index contributed by atoms with van der Waals surface area (Å²) in [6.45, 7) is 12.8. The molecule has 0 unspecified atom stereocenters. The molecule has 1 rings (SSSR count). The number of hydrogen-bond donors (Lipinski definition) is 0. The maximum atomic E-state index is 11.9. The predicted octanol–water partition coefficient (Wildman–Crippen LogP) is 2.75. The summed E-state index contributed by atoms with van der Waals surface area (Å²) < 4.78 is 7.64. The second-order valence-corrected chi connectivity index (χ2v) is 15.2. The second-order valence-electron chi connectivity index (χ2n) is 5.96. The van der Waals surface area contributed by atoms with E-state index in [0.717, 1.165) is 0 Å². The minimum atomic E-state index is -1.62. The van der Waals surface area contributed by atoms with Crippen LogP contribution in [-0.2, 0) is 0 Å². The van der Waals surface area contributed by atoms with Crippen LogP contribution in [0.15, 0.2) is 23.1 Å². The van der Waals surface area contributed by atoms with Crippen molar-refractivity contribution in [1.29, 1.82) is 0 Å². The van der Waals surface area contributed by atoms with Crippen LogP contribution in [0.25, 0.3) is 0 Å². The van der Waals surface area contributed by atoms with Gasteiger partial charge in [0, 0.05) is 12.3 Å². The maximum Gasteiger partial charge on any atom is 0.246 e. The fraction of sp³-hybridized carbons (Fsp3) is 0.545. The zero-order chi connectivity index (χ0) is 12.6. The Morgan fingerprint density at radius 3 is 2.06 bits per heavy atom. The van der Waals surface area contributed by atoms with Gasteiger partial charge in [0.1, 0.15) is 5.75 Å². The Morgan fingerprint density at radius 1 is 1.12 bits per heavy atom.